The molecule has 0 aliphatic rings. The van der Waals surface area contributed by atoms with E-state index in [0.29, 0.717) is 5.56 Å². The van der Waals surface area contributed by atoms with Gasteiger partial charge in [-0.05, 0) is 23.6 Å². The Labute approximate surface area is 95.2 Å². The van der Waals surface area contributed by atoms with Crippen LogP contribution in [0.4, 0.5) is 22.0 Å². The molecule has 0 radical (unpaired) electrons. The molecule has 6 heteroatoms. The maximum Gasteiger partial charge on any atom is 0.499 e. The molecule has 0 unspecified atom stereocenters. The van der Waals surface area contributed by atoms with Gasteiger partial charge in [-0.15, -0.1) is 0 Å². The van der Waals surface area contributed by atoms with Gasteiger partial charge in [0, 0.05) is 0 Å². The third-order valence-electron chi connectivity index (χ3n) is 2.10. The van der Waals surface area contributed by atoms with Crippen molar-refractivity contribution in [1.29, 1.82) is 0 Å². The third-order valence-corrected chi connectivity index (χ3v) is 2.10. The summed E-state index contributed by atoms with van der Waals surface area (Å²) in [6, 6.07) is 5.23. The van der Waals surface area contributed by atoms with Crippen LogP contribution in [0, 0.1) is 0 Å². The lowest BCUT2D eigenvalue weighted by Crippen LogP contribution is -2.41. The van der Waals surface area contributed by atoms with Crippen molar-refractivity contribution in [1.82, 2.24) is 0 Å². The summed E-state index contributed by atoms with van der Waals surface area (Å²) in [7, 11) is 0. The molecule has 96 valence electrons. The van der Waals surface area contributed by atoms with E-state index in [4.69, 9.17) is 0 Å². The van der Waals surface area contributed by atoms with Gasteiger partial charge in [0.15, 0.2) is 0 Å². The zero-order valence-electron chi connectivity index (χ0n) is 9.18. The predicted molar refractivity (Wildman–Crippen MR) is 52.2 cm³/mol. The molecular weight excluding hydrogens is 243 g/mol. The highest BCUT2D eigenvalue weighted by atomic mass is 19.4. The van der Waals surface area contributed by atoms with Crippen molar-refractivity contribution in [2.75, 3.05) is 0 Å². The maximum absolute atomic E-state index is 12.6. The lowest BCUT2D eigenvalue weighted by molar-refractivity contribution is -0.360. The fourth-order valence-corrected chi connectivity index (χ4v) is 1.14. The van der Waals surface area contributed by atoms with Gasteiger partial charge in [-0.1, -0.05) is 26.0 Å². The molecule has 0 N–H and O–H groups in total. The molecule has 1 aromatic rings. The molecule has 0 saturated heterocycles. The molecule has 0 heterocycles. The Kier molecular flexibility index (Phi) is 3.64. The predicted octanol–water partition coefficient (Wildman–Crippen LogP) is 4.34. The second-order valence-electron chi connectivity index (χ2n) is 3.84. The van der Waals surface area contributed by atoms with Crippen LogP contribution >= 0.6 is 0 Å². The first kappa shape index (κ1) is 13.7. The monoisotopic (exact) mass is 254 g/mol. The molecule has 0 aromatic heterocycles. The van der Waals surface area contributed by atoms with Crippen LogP contribution in [0.25, 0.3) is 0 Å². The van der Waals surface area contributed by atoms with Crippen LogP contribution in [0.5, 0.6) is 5.75 Å². The van der Waals surface area contributed by atoms with Crippen molar-refractivity contribution in [2.24, 2.45) is 0 Å². The number of ether oxygens (including phenoxy) is 1. The molecule has 1 rings (SSSR count). The Balaban J connectivity index is 2.92. The van der Waals surface area contributed by atoms with E-state index in [-0.39, 0.29) is 5.92 Å². The van der Waals surface area contributed by atoms with Gasteiger partial charge in [0.05, 0.1) is 0 Å². The van der Waals surface area contributed by atoms with Crippen LogP contribution in [0.3, 0.4) is 0 Å². The number of benzene rings is 1. The molecule has 1 aromatic carbocycles. The fourth-order valence-electron chi connectivity index (χ4n) is 1.14. The highest BCUT2D eigenvalue weighted by Gasteiger charge is 2.61. The van der Waals surface area contributed by atoms with Crippen LogP contribution in [0.2, 0.25) is 0 Å². The van der Waals surface area contributed by atoms with Gasteiger partial charge >= 0.3 is 12.3 Å². The summed E-state index contributed by atoms with van der Waals surface area (Å²) < 4.78 is 64.6. The second kappa shape index (κ2) is 4.50. The average molecular weight is 254 g/mol. The van der Waals surface area contributed by atoms with Gasteiger partial charge < -0.3 is 4.74 Å². The molecule has 0 amide bonds. The van der Waals surface area contributed by atoms with Crippen molar-refractivity contribution >= 4 is 0 Å². The Morgan fingerprint density at radius 1 is 1.06 bits per heavy atom. The standard InChI is InChI=1S/C11H11F5O/c1-7(2)8-4-3-5-9(6-8)17-11(15,16)10(12,13)14/h3-7H,1-2H3. The zero-order chi connectivity index (χ0) is 13.3. The van der Waals surface area contributed by atoms with Crippen LogP contribution in [0.15, 0.2) is 24.3 Å². The van der Waals surface area contributed by atoms with E-state index in [1.807, 2.05) is 0 Å². The lowest BCUT2D eigenvalue weighted by Gasteiger charge is -2.20. The number of rotatable bonds is 3. The minimum absolute atomic E-state index is 0.0121. The first-order chi connectivity index (χ1) is 7.63. The van der Waals surface area contributed by atoms with Crippen LogP contribution in [-0.2, 0) is 0 Å². The topological polar surface area (TPSA) is 9.23 Å². The molecule has 0 aliphatic heterocycles. The molecule has 0 spiro atoms. The van der Waals surface area contributed by atoms with E-state index in [0.717, 1.165) is 6.07 Å². The summed E-state index contributed by atoms with van der Waals surface area (Å²) in [6.07, 6.45) is -10.9. The number of hydrogen-bond donors (Lipinski definition) is 0. The number of halogens is 5. The van der Waals surface area contributed by atoms with Crippen molar-refractivity contribution in [2.45, 2.75) is 32.1 Å². The maximum atomic E-state index is 12.6. The van der Waals surface area contributed by atoms with Gasteiger partial charge in [-0.2, -0.15) is 22.0 Å². The zero-order valence-corrected chi connectivity index (χ0v) is 9.18. The largest absolute Gasteiger partial charge is 0.499 e. The van der Waals surface area contributed by atoms with E-state index in [9.17, 15) is 22.0 Å². The van der Waals surface area contributed by atoms with Crippen LogP contribution in [0.1, 0.15) is 25.3 Å². The Hall–Kier alpha value is -1.33. The van der Waals surface area contributed by atoms with Crippen LogP contribution in [-0.4, -0.2) is 12.3 Å². The minimum Gasteiger partial charge on any atom is -0.426 e. The molecule has 0 saturated carbocycles. The van der Waals surface area contributed by atoms with Gasteiger partial charge in [-0.3, -0.25) is 0 Å². The Morgan fingerprint density at radius 2 is 1.65 bits per heavy atom. The van der Waals surface area contributed by atoms with E-state index in [1.165, 1.54) is 12.1 Å². The third kappa shape index (κ3) is 3.31. The molecule has 0 bridgehead atoms. The minimum atomic E-state index is -5.72. The molecule has 17 heavy (non-hydrogen) atoms. The smallest absolute Gasteiger partial charge is 0.426 e. The first-order valence-electron chi connectivity index (χ1n) is 4.87. The Bertz CT molecular complexity index is 384. The highest BCUT2D eigenvalue weighted by Crippen LogP contribution is 2.37. The quantitative estimate of drug-likeness (QED) is 0.729. The van der Waals surface area contributed by atoms with Crippen LogP contribution < -0.4 is 4.74 Å². The first-order valence-corrected chi connectivity index (χ1v) is 4.87. The average Bonchev–Trinajstić information content (AvgIpc) is 2.15. The van der Waals surface area contributed by atoms with E-state index in [2.05, 4.69) is 4.74 Å². The summed E-state index contributed by atoms with van der Waals surface area (Å²) in [5.41, 5.74) is 0.625. The fraction of sp³-hybridized carbons (Fsp3) is 0.455. The van der Waals surface area contributed by atoms with Crippen molar-refractivity contribution < 1.29 is 26.7 Å². The van der Waals surface area contributed by atoms with Crippen molar-refractivity contribution in [3.8, 4) is 5.75 Å². The van der Waals surface area contributed by atoms with E-state index < -0.39 is 18.0 Å². The summed E-state index contributed by atoms with van der Waals surface area (Å²) in [5.74, 6) is -0.489. The normalized spacial score (nSPS) is 12.9. The van der Waals surface area contributed by atoms with E-state index >= 15 is 0 Å². The molecule has 0 aliphatic carbocycles. The lowest BCUT2D eigenvalue weighted by atomic mass is 10.0. The van der Waals surface area contributed by atoms with Crippen molar-refractivity contribution in [3.05, 3.63) is 29.8 Å². The van der Waals surface area contributed by atoms with Gasteiger partial charge in [0.2, 0.25) is 0 Å². The second-order valence-corrected chi connectivity index (χ2v) is 3.84. The van der Waals surface area contributed by atoms with Gasteiger partial charge in [0.25, 0.3) is 0 Å². The van der Waals surface area contributed by atoms with Gasteiger partial charge in [0.1, 0.15) is 5.75 Å². The number of alkyl halides is 5. The van der Waals surface area contributed by atoms with Crippen molar-refractivity contribution in [3.63, 3.8) is 0 Å². The summed E-state index contributed by atoms with van der Waals surface area (Å²) >= 11 is 0. The molecular formula is C11H11F5O. The molecule has 1 nitrogen and oxygen atoms in total. The number of hydrogen-bond acceptors (Lipinski definition) is 1. The summed E-state index contributed by atoms with van der Waals surface area (Å²) in [6.45, 7) is 3.59. The molecule has 0 atom stereocenters. The SMILES string of the molecule is CC(C)c1cccc(OC(F)(F)C(F)(F)F)c1. The summed E-state index contributed by atoms with van der Waals surface area (Å²) in [4.78, 5) is 0. The highest BCUT2D eigenvalue weighted by molar-refractivity contribution is 5.30. The summed E-state index contributed by atoms with van der Waals surface area (Å²) in [5, 5.41) is 0. The Morgan fingerprint density at radius 3 is 2.12 bits per heavy atom. The van der Waals surface area contributed by atoms with Gasteiger partial charge in [-0.25, -0.2) is 0 Å². The molecule has 0 fully saturated rings. The van der Waals surface area contributed by atoms with E-state index in [1.54, 1.807) is 19.9 Å².